The van der Waals surface area contributed by atoms with E-state index in [1.54, 1.807) is 18.7 Å². The fraction of sp³-hybridized carbons (Fsp3) is 0.409. The number of benzene rings is 2. The molecule has 0 bridgehead atoms. The Kier molecular flexibility index (Phi) is 5.32. The molecule has 136 valence electrons. The molecule has 2 atom stereocenters. The Bertz CT molecular complexity index is 774. The summed E-state index contributed by atoms with van der Waals surface area (Å²) < 4.78 is 0. The number of carbonyl (C=O) groups is 1. The van der Waals surface area contributed by atoms with E-state index < -0.39 is 0 Å². The van der Waals surface area contributed by atoms with Crippen molar-refractivity contribution in [3.63, 3.8) is 0 Å². The number of anilines is 1. The number of carbonyl (C=O) groups excluding carboxylic acids is 1. The molecule has 2 aromatic carbocycles. The highest BCUT2D eigenvalue weighted by Crippen LogP contribution is 2.40. The molecule has 2 aromatic rings. The first kappa shape index (κ1) is 17.6. The van der Waals surface area contributed by atoms with E-state index in [0.29, 0.717) is 6.04 Å². The van der Waals surface area contributed by atoms with Gasteiger partial charge in [0.1, 0.15) is 0 Å². The van der Waals surface area contributed by atoms with E-state index in [2.05, 4.69) is 40.5 Å². The Balaban J connectivity index is 1.49. The van der Waals surface area contributed by atoms with Crippen LogP contribution in [0.3, 0.4) is 0 Å². The van der Waals surface area contributed by atoms with Crippen molar-refractivity contribution in [3.8, 4) is 0 Å². The third-order valence-corrected chi connectivity index (χ3v) is 6.61. The molecule has 0 aromatic heterocycles. The van der Waals surface area contributed by atoms with Crippen molar-refractivity contribution in [2.45, 2.75) is 60.9 Å². The maximum atomic E-state index is 11.4. The Hall–Kier alpha value is -1.78. The van der Waals surface area contributed by atoms with Gasteiger partial charge in [0.05, 0.1) is 5.69 Å². The van der Waals surface area contributed by atoms with Crippen LogP contribution in [0, 0.1) is 0 Å². The van der Waals surface area contributed by atoms with Gasteiger partial charge < -0.3 is 5.32 Å². The molecule has 4 rings (SSSR count). The largest absolute Gasteiger partial charge is 0.325 e. The average Bonchev–Trinajstić information content (AvgIpc) is 3.12. The molecule has 2 fully saturated rings. The van der Waals surface area contributed by atoms with Crippen molar-refractivity contribution in [2.24, 2.45) is 0 Å². The van der Waals surface area contributed by atoms with E-state index in [1.165, 1.54) is 49.1 Å². The third kappa shape index (κ3) is 3.81. The standard InChI is InChI=1S/C22H26N2OS/c1-16(25)23-20-8-2-3-10-22(20)26-19-13-11-17(12-14-19)21-9-4-6-18-7-5-15-24(18)21/h2-3,8,10-14,18,21H,4-7,9,15H2,1H3,(H,23,25)/t18-,21+/m1/s1. The number of hydrogen-bond donors (Lipinski definition) is 1. The molecule has 0 saturated carbocycles. The molecule has 2 aliphatic heterocycles. The lowest BCUT2D eigenvalue weighted by Gasteiger charge is -2.38. The first-order valence-electron chi connectivity index (χ1n) is 9.61. The number of piperidine rings is 1. The van der Waals surface area contributed by atoms with Crippen molar-refractivity contribution < 1.29 is 4.79 Å². The van der Waals surface area contributed by atoms with Crippen molar-refractivity contribution in [2.75, 3.05) is 11.9 Å². The number of fused-ring (bicyclic) bond motifs is 1. The van der Waals surface area contributed by atoms with Gasteiger partial charge in [0, 0.05) is 28.8 Å². The summed E-state index contributed by atoms with van der Waals surface area (Å²) in [6, 6.07) is 18.4. The lowest BCUT2D eigenvalue weighted by Crippen LogP contribution is -2.37. The smallest absolute Gasteiger partial charge is 0.221 e. The molecular weight excluding hydrogens is 340 g/mol. The molecule has 3 nitrogen and oxygen atoms in total. The molecule has 2 heterocycles. The van der Waals surface area contributed by atoms with Crippen molar-refractivity contribution >= 4 is 23.4 Å². The molecule has 1 amide bonds. The monoisotopic (exact) mass is 366 g/mol. The van der Waals surface area contributed by atoms with Gasteiger partial charge in [0.25, 0.3) is 0 Å². The predicted octanol–water partition coefficient (Wildman–Crippen LogP) is 5.49. The topological polar surface area (TPSA) is 32.3 Å². The average molecular weight is 367 g/mol. The van der Waals surface area contributed by atoms with E-state index in [9.17, 15) is 4.79 Å². The first-order valence-corrected chi connectivity index (χ1v) is 10.4. The van der Waals surface area contributed by atoms with Crippen LogP contribution < -0.4 is 5.32 Å². The number of nitrogens with one attached hydrogen (secondary N) is 1. The molecule has 0 aliphatic carbocycles. The van der Waals surface area contributed by atoms with Crippen LogP contribution in [-0.4, -0.2) is 23.4 Å². The Morgan fingerprint density at radius 3 is 2.62 bits per heavy atom. The van der Waals surface area contributed by atoms with Gasteiger partial charge in [-0.3, -0.25) is 9.69 Å². The van der Waals surface area contributed by atoms with E-state index >= 15 is 0 Å². The fourth-order valence-corrected chi connectivity index (χ4v) is 5.28. The molecule has 4 heteroatoms. The summed E-state index contributed by atoms with van der Waals surface area (Å²) in [5.41, 5.74) is 2.33. The van der Waals surface area contributed by atoms with Crippen LogP contribution in [0.5, 0.6) is 0 Å². The van der Waals surface area contributed by atoms with Gasteiger partial charge in [-0.1, -0.05) is 36.0 Å². The Morgan fingerprint density at radius 2 is 1.81 bits per heavy atom. The van der Waals surface area contributed by atoms with Gasteiger partial charge in [0.15, 0.2) is 0 Å². The van der Waals surface area contributed by atoms with Crippen LogP contribution in [0.4, 0.5) is 5.69 Å². The van der Waals surface area contributed by atoms with Gasteiger partial charge in [-0.05, 0) is 68.5 Å². The zero-order valence-electron chi connectivity index (χ0n) is 15.3. The van der Waals surface area contributed by atoms with Crippen LogP contribution in [-0.2, 0) is 4.79 Å². The Morgan fingerprint density at radius 1 is 1.04 bits per heavy atom. The molecule has 0 unspecified atom stereocenters. The second-order valence-corrected chi connectivity index (χ2v) is 8.44. The minimum atomic E-state index is -0.0362. The third-order valence-electron chi connectivity index (χ3n) is 5.53. The lowest BCUT2D eigenvalue weighted by atomic mass is 9.92. The van der Waals surface area contributed by atoms with Gasteiger partial charge in [-0.15, -0.1) is 0 Å². The highest BCUT2D eigenvalue weighted by molar-refractivity contribution is 7.99. The molecule has 26 heavy (non-hydrogen) atoms. The van der Waals surface area contributed by atoms with Crippen LogP contribution in [0.2, 0.25) is 0 Å². The summed E-state index contributed by atoms with van der Waals surface area (Å²) >= 11 is 1.70. The SMILES string of the molecule is CC(=O)Nc1ccccc1Sc1ccc([C@@H]2CCC[C@@H]3CCCN32)cc1. The highest BCUT2D eigenvalue weighted by atomic mass is 32.2. The van der Waals surface area contributed by atoms with Crippen LogP contribution >= 0.6 is 11.8 Å². The number of nitrogens with zero attached hydrogens (tertiary/aromatic N) is 1. The fourth-order valence-electron chi connectivity index (χ4n) is 4.38. The number of hydrogen-bond acceptors (Lipinski definition) is 3. The van der Waals surface area contributed by atoms with Crippen molar-refractivity contribution in [1.29, 1.82) is 0 Å². The second kappa shape index (κ2) is 7.85. The van der Waals surface area contributed by atoms with Gasteiger partial charge >= 0.3 is 0 Å². The van der Waals surface area contributed by atoms with E-state index in [4.69, 9.17) is 0 Å². The van der Waals surface area contributed by atoms with E-state index in [0.717, 1.165) is 16.6 Å². The zero-order chi connectivity index (χ0) is 17.9. The molecule has 2 aliphatic rings. The maximum absolute atomic E-state index is 11.4. The molecule has 0 radical (unpaired) electrons. The van der Waals surface area contributed by atoms with E-state index in [-0.39, 0.29) is 5.91 Å². The van der Waals surface area contributed by atoms with Gasteiger partial charge in [0.2, 0.25) is 5.91 Å². The summed E-state index contributed by atoms with van der Waals surface area (Å²) in [7, 11) is 0. The lowest BCUT2D eigenvalue weighted by molar-refractivity contribution is -0.114. The molecule has 2 saturated heterocycles. The van der Waals surface area contributed by atoms with Crippen molar-refractivity contribution in [1.82, 2.24) is 4.90 Å². The maximum Gasteiger partial charge on any atom is 0.221 e. The molecular formula is C22H26N2OS. The zero-order valence-corrected chi connectivity index (χ0v) is 16.1. The number of rotatable bonds is 4. The predicted molar refractivity (Wildman–Crippen MR) is 108 cm³/mol. The number of amides is 1. The van der Waals surface area contributed by atoms with Crippen LogP contribution in [0.1, 0.15) is 50.6 Å². The van der Waals surface area contributed by atoms with Crippen molar-refractivity contribution in [3.05, 3.63) is 54.1 Å². The number of para-hydroxylation sites is 1. The van der Waals surface area contributed by atoms with E-state index in [1.807, 2.05) is 18.2 Å². The minimum Gasteiger partial charge on any atom is -0.325 e. The normalized spacial score (nSPS) is 22.8. The second-order valence-electron chi connectivity index (χ2n) is 7.33. The van der Waals surface area contributed by atoms with Crippen LogP contribution in [0.15, 0.2) is 58.3 Å². The summed E-state index contributed by atoms with van der Waals surface area (Å²) in [6.45, 7) is 2.81. The highest BCUT2D eigenvalue weighted by Gasteiger charge is 2.34. The van der Waals surface area contributed by atoms with Crippen LogP contribution in [0.25, 0.3) is 0 Å². The Labute approximate surface area is 160 Å². The molecule has 1 N–H and O–H groups in total. The quantitative estimate of drug-likeness (QED) is 0.777. The molecule has 0 spiro atoms. The summed E-state index contributed by atoms with van der Waals surface area (Å²) in [4.78, 5) is 16.4. The summed E-state index contributed by atoms with van der Waals surface area (Å²) in [5.74, 6) is -0.0362. The minimum absolute atomic E-state index is 0.0362. The first-order chi connectivity index (χ1) is 12.7. The van der Waals surface area contributed by atoms with Gasteiger partial charge in [-0.25, -0.2) is 0 Å². The summed E-state index contributed by atoms with van der Waals surface area (Å²) in [6.07, 6.45) is 6.75. The summed E-state index contributed by atoms with van der Waals surface area (Å²) in [5, 5.41) is 2.92. The van der Waals surface area contributed by atoms with Gasteiger partial charge in [-0.2, -0.15) is 0 Å².